The summed E-state index contributed by atoms with van der Waals surface area (Å²) in [4.78, 5) is 41.9. The van der Waals surface area contributed by atoms with Crippen LogP contribution >= 0.6 is 11.6 Å². The van der Waals surface area contributed by atoms with Gasteiger partial charge in [0.15, 0.2) is 0 Å². The third kappa shape index (κ3) is 3.98. The maximum atomic E-state index is 13.2. The van der Waals surface area contributed by atoms with Crippen molar-refractivity contribution in [3.8, 4) is 5.69 Å². The second kappa shape index (κ2) is 8.49. The number of hydrogen-bond donors (Lipinski definition) is 1. The van der Waals surface area contributed by atoms with Crippen molar-refractivity contribution in [3.63, 3.8) is 0 Å². The Balaban J connectivity index is 1.91. The average Bonchev–Trinajstić information content (AvgIpc) is 3.19. The highest BCUT2D eigenvalue weighted by molar-refractivity contribution is 6.32. The van der Waals surface area contributed by atoms with E-state index in [1.165, 1.54) is 6.07 Å². The molecule has 0 saturated heterocycles. The van der Waals surface area contributed by atoms with Crippen LogP contribution in [0.4, 0.5) is 13.2 Å². The van der Waals surface area contributed by atoms with Gasteiger partial charge in [0, 0.05) is 12.7 Å². The fourth-order valence-corrected chi connectivity index (χ4v) is 3.91. The molecule has 0 atom stereocenters. The molecular formula is C22H16ClF3N4O4. The van der Waals surface area contributed by atoms with Crippen molar-refractivity contribution in [1.82, 2.24) is 18.7 Å². The molecule has 0 aliphatic heterocycles. The molecule has 0 aliphatic rings. The van der Waals surface area contributed by atoms with Crippen LogP contribution in [0, 0.1) is 0 Å². The number of carbonyl (C=O) groups is 1. The summed E-state index contributed by atoms with van der Waals surface area (Å²) in [5.41, 5.74) is -2.61. The minimum Gasteiger partial charge on any atom is -0.477 e. The van der Waals surface area contributed by atoms with Crippen molar-refractivity contribution in [2.24, 2.45) is 0 Å². The summed E-state index contributed by atoms with van der Waals surface area (Å²) < 4.78 is 43.0. The highest BCUT2D eigenvalue weighted by Gasteiger charge is 2.34. The van der Waals surface area contributed by atoms with Gasteiger partial charge in [-0.25, -0.2) is 14.6 Å². The van der Waals surface area contributed by atoms with Gasteiger partial charge in [0.25, 0.3) is 5.56 Å². The van der Waals surface area contributed by atoms with E-state index in [9.17, 15) is 32.7 Å². The van der Waals surface area contributed by atoms with E-state index in [4.69, 9.17) is 11.6 Å². The number of aryl methyl sites for hydroxylation is 1. The van der Waals surface area contributed by atoms with E-state index in [2.05, 4.69) is 4.98 Å². The summed E-state index contributed by atoms with van der Waals surface area (Å²) in [5.74, 6) is -1.60. The second-order valence-electron chi connectivity index (χ2n) is 7.37. The minimum absolute atomic E-state index is 0.165. The molecule has 0 amide bonds. The Morgan fingerprint density at radius 2 is 1.91 bits per heavy atom. The van der Waals surface area contributed by atoms with Crippen LogP contribution in [0.1, 0.15) is 28.4 Å². The maximum absolute atomic E-state index is 13.2. The highest BCUT2D eigenvalue weighted by atomic mass is 35.5. The molecule has 0 saturated carbocycles. The van der Waals surface area contributed by atoms with Crippen LogP contribution in [-0.2, 0) is 19.3 Å². The number of rotatable bonds is 5. The summed E-state index contributed by atoms with van der Waals surface area (Å²) >= 11 is 5.92. The minimum atomic E-state index is -4.75. The molecule has 4 rings (SSSR count). The molecule has 0 radical (unpaired) electrons. The normalized spacial score (nSPS) is 11.8. The van der Waals surface area contributed by atoms with Gasteiger partial charge in [0.1, 0.15) is 5.56 Å². The quantitative estimate of drug-likeness (QED) is 0.457. The summed E-state index contributed by atoms with van der Waals surface area (Å²) in [5, 5.41) is 8.83. The predicted octanol–water partition coefficient (Wildman–Crippen LogP) is 3.79. The van der Waals surface area contributed by atoms with E-state index >= 15 is 0 Å². The predicted molar refractivity (Wildman–Crippen MR) is 118 cm³/mol. The Labute approximate surface area is 194 Å². The third-order valence-corrected chi connectivity index (χ3v) is 5.78. The molecule has 2 heterocycles. The Bertz CT molecular complexity index is 1550. The van der Waals surface area contributed by atoms with Crippen molar-refractivity contribution in [2.75, 3.05) is 0 Å². The Morgan fingerprint density at radius 3 is 2.56 bits per heavy atom. The molecule has 8 nitrogen and oxygen atoms in total. The second-order valence-corrected chi connectivity index (χ2v) is 7.75. The third-order valence-electron chi connectivity index (χ3n) is 5.34. The smallest absolute Gasteiger partial charge is 0.417 e. The van der Waals surface area contributed by atoms with Crippen LogP contribution in [0.15, 0.2) is 58.5 Å². The number of alkyl halides is 3. The standard InChI is InChI=1S/C22H16ClF3N4O4/c1-2-28-11-27-16-8-13(6-7-17(16)28)29-10-14(20(32)33)19(31)30(21(29)34)9-12-4-3-5-15(18(12)23)22(24,25)26/h3-8,10-11H,2,9H2,1H3,(H,32,33). The lowest BCUT2D eigenvalue weighted by molar-refractivity contribution is -0.137. The van der Waals surface area contributed by atoms with Gasteiger partial charge < -0.3 is 9.67 Å². The van der Waals surface area contributed by atoms with Gasteiger partial charge in [-0.05, 0) is 36.8 Å². The molecule has 0 unspecified atom stereocenters. The van der Waals surface area contributed by atoms with Gasteiger partial charge in [-0.15, -0.1) is 0 Å². The van der Waals surface area contributed by atoms with Crippen LogP contribution in [0.3, 0.4) is 0 Å². The van der Waals surface area contributed by atoms with Crippen molar-refractivity contribution in [2.45, 2.75) is 26.2 Å². The van der Waals surface area contributed by atoms with Crippen molar-refractivity contribution < 1.29 is 23.1 Å². The Hall–Kier alpha value is -3.86. The first-order valence-electron chi connectivity index (χ1n) is 9.92. The van der Waals surface area contributed by atoms with Gasteiger partial charge in [0.05, 0.1) is 40.2 Å². The molecular weight excluding hydrogens is 477 g/mol. The van der Waals surface area contributed by atoms with Gasteiger partial charge in [0.2, 0.25) is 0 Å². The highest BCUT2D eigenvalue weighted by Crippen LogP contribution is 2.36. The number of fused-ring (bicyclic) bond motifs is 1. The maximum Gasteiger partial charge on any atom is 0.417 e. The number of carboxylic acid groups (broad SMARTS) is 1. The van der Waals surface area contributed by atoms with Crippen molar-refractivity contribution in [3.05, 3.63) is 91.5 Å². The fraction of sp³-hybridized carbons (Fsp3) is 0.182. The van der Waals surface area contributed by atoms with Crippen LogP contribution in [0.25, 0.3) is 16.7 Å². The summed E-state index contributed by atoms with van der Waals surface area (Å²) in [6.45, 7) is 1.92. The zero-order valence-electron chi connectivity index (χ0n) is 17.5. The SMILES string of the molecule is CCn1cnc2cc(-n3cc(C(=O)O)c(=O)n(Cc4cccc(C(F)(F)F)c4Cl)c3=O)ccc21. The van der Waals surface area contributed by atoms with E-state index in [1.807, 2.05) is 11.5 Å². The molecule has 0 bridgehead atoms. The molecule has 0 fully saturated rings. The first-order valence-corrected chi connectivity index (χ1v) is 10.3. The van der Waals surface area contributed by atoms with Crippen LogP contribution < -0.4 is 11.2 Å². The number of benzene rings is 2. The average molecular weight is 493 g/mol. The summed E-state index contributed by atoms with van der Waals surface area (Å²) in [6.07, 6.45) is -2.26. The molecule has 4 aromatic rings. The molecule has 0 spiro atoms. The van der Waals surface area contributed by atoms with E-state index in [1.54, 1.807) is 24.5 Å². The van der Waals surface area contributed by atoms with E-state index in [-0.39, 0.29) is 11.3 Å². The lowest BCUT2D eigenvalue weighted by atomic mass is 10.1. The largest absolute Gasteiger partial charge is 0.477 e. The fourth-order valence-electron chi connectivity index (χ4n) is 3.62. The topological polar surface area (TPSA) is 99.1 Å². The number of carboxylic acids is 1. The molecule has 0 aliphatic carbocycles. The first-order chi connectivity index (χ1) is 16.0. The molecule has 176 valence electrons. The number of aromatic nitrogens is 4. The molecule has 2 aromatic heterocycles. The first kappa shape index (κ1) is 23.3. The van der Waals surface area contributed by atoms with Gasteiger partial charge in [-0.3, -0.25) is 13.9 Å². The summed E-state index contributed by atoms with van der Waals surface area (Å²) in [7, 11) is 0. The van der Waals surface area contributed by atoms with Crippen LogP contribution in [0.2, 0.25) is 5.02 Å². The van der Waals surface area contributed by atoms with Crippen LogP contribution in [-0.4, -0.2) is 29.8 Å². The summed E-state index contributed by atoms with van der Waals surface area (Å²) in [6, 6.07) is 7.87. The number of imidazole rings is 1. The van der Waals surface area contributed by atoms with E-state index in [0.29, 0.717) is 16.6 Å². The number of hydrogen-bond acceptors (Lipinski definition) is 4. The number of aromatic carboxylic acids is 1. The van der Waals surface area contributed by atoms with Crippen molar-refractivity contribution in [1.29, 1.82) is 0 Å². The zero-order chi connectivity index (χ0) is 24.8. The number of nitrogens with zero attached hydrogens (tertiary/aromatic N) is 4. The lowest BCUT2D eigenvalue weighted by Crippen LogP contribution is -2.42. The Morgan fingerprint density at radius 1 is 1.18 bits per heavy atom. The lowest BCUT2D eigenvalue weighted by Gasteiger charge is -2.15. The van der Waals surface area contributed by atoms with Crippen molar-refractivity contribution >= 4 is 28.6 Å². The van der Waals surface area contributed by atoms with Gasteiger partial charge >= 0.3 is 17.8 Å². The van der Waals surface area contributed by atoms with Gasteiger partial charge in [-0.2, -0.15) is 13.2 Å². The number of halogens is 4. The Kier molecular flexibility index (Phi) is 5.82. The molecule has 1 N–H and O–H groups in total. The van der Waals surface area contributed by atoms with Gasteiger partial charge in [-0.1, -0.05) is 23.7 Å². The molecule has 12 heteroatoms. The monoisotopic (exact) mass is 492 g/mol. The van der Waals surface area contributed by atoms with Crippen LogP contribution in [0.5, 0.6) is 0 Å². The molecule has 34 heavy (non-hydrogen) atoms. The molecule has 2 aromatic carbocycles. The zero-order valence-corrected chi connectivity index (χ0v) is 18.3. The van der Waals surface area contributed by atoms with E-state index in [0.717, 1.165) is 28.4 Å². The van der Waals surface area contributed by atoms with E-state index < -0.39 is 46.1 Å².